The maximum absolute atomic E-state index is 12.1. The van der Waals surface area contributed by atoms with E-state index in [0.29, 0.717) is 6.54 Å². The fourth-order valence-corrected chi connectivity index (χ4v) is 2.12. The highest BCUT2D eigenvalue weighted by atomic mass is 79.9. The van der Waals surface area contributed by atoms with E-state index in [2.05, 4.69) is 15.9 Å². The number of carboxylic acid groups (broad SMARTS) is 1. The summed E-state index contributed by atoms with van der Waals surface area (Å²) in [6.45, 7) is 3.89. The van der Waals surface area contributed by atoms with E-state index in [9.17, 15) is 9.59 Å². The summed E-state index contributed by atoms with van der Waals surface area (Å²) in [5.74, 6) is -2.63. The molecule has 4 nitrogen and oxygen atoms in total. The Labute approximate surface area is 121 Å². The van der Waals surface area contributed by atoms with Crippen LogP contribution in [0.5, 0.6) is 0 Å². The smallest absolute Gasteiger partial charge is 0.316 e. The second-order valence-electron chi connectivity index (χ2n) is 4.88. The van der Waals surface area contributed by atoms with Crippen LogP contribution in [0.25, 0.3) is 0 Å². The van der Waals surface area contributed by atoms with Gasteiger partial charge in [0.25, 0.3) is 0 Å². The summed E-state index contributed by atoms with van der Waals surface area (Å²) in [5.41, 5.74) is 0.965. The van der Waals surface area contributed by atoms with Gasteiger partial charge in [-0.15, -0.1) is 0 Å². The maximum atomic E-state index is 12.1. The van der Waals surface area contributed by atoms with E-state index in [4.69, 9.17) is 5.11 Å². The van der Waals surface area contributed by atoms with Gasteiger partial charge in [0.1, 0.15) is 5.92 Å². The van der Waals surface area contributed by atoms with E-state index >= 15 is 0 Å². The van der Waals surface area contributed by atoms with E-state index in [1.54, 1.807) is 20.9 Å². The second-order valence-corrected chi connectivity index (χ2v) is 5.80. The van der Waals surface area contributed by atoms with Crippen LogP contribution >= 0.6 is 15.9 Å². The molecule has 0 aliphatic rings. The Morgan fingerprint density at radius 3 is 2.21 bits per heavy atom. The van der Waals surface area contributed by atoms with Crippen LogP contribution in [0.1, 0.15) is 19.4 Å². The van der Waals surface area contributed by atoms with Crippen molar-refractivity contribution < 1.29 is 14.7 Å². The molecular weight excluding hydrogens is 310 g/mol. The van der Waals surface area contributed by atoms with Crippen LogP contribution in [0.4, 0.5) is 0 Å². The first kappa shape index (κ1) is 15.7. The first-order valence-corrected chi connectivity index (χ1v) is 6.84. The number of hydrogen-bond acceptors (Lipinski definition) is 2. The Balaban J connectivity index is 2.76. The lowest BCUT2D eigenvalue weighted by atomic mass is 9.94. The van der Waals surface area contributed by atoms with Gasteiger partial charge in [0.15, 0.2) is 0 Å². The number of carbonyl (C=O) groups is 2. The van der Waals surface area contributed by atoms with Crippen molar-refractivity contribution in [1.82, 2.24) is 4.90 Å². The van der Waals surface area contributed by atoms with E-state index < -0.39 is 11.9 Å². The molecule has 0 radical (unpaired) electrons. The van der Waals surface area contributed by atoms with Gasteiger partial charge in [0.2, 0.25) is 5.91 Å². The van der Waals surface area contributed by atoms with E-state index in [1.165, 1.54) is 4.90 Å². The third kappa shape index (κ3) is 4.35. The SMILES string of the molecule is CC(C)C(C(=O)O)C(=O)N(C)Cc1ccc(Br)cc1. The van der Waals surface area contributed by atoms with Crippen molar-refractivity contribution in [3.8, 4) is 0 Å². The highest BCUT2D eigenvalue weighted by Gasteiger charge is 2.31. The first-order valence-electron chi connectivity index (χ1n) is 6.05. The lowest BCUT2D eigenvalue weighted by Crippen LogP contribution is -2.39. The number of nitrogens with zero attached hydrogens (tertiary/aromatic N) is 1. The molecule has 0 bridgehead atoms. The summed E-state index contributed by atoms with van der Waals surface area (Å²) in [6, 6.07) is 7.59. The number of amides is 1. The highest BCUT2D eigenvalue weighted by Crippen LogP contribution is 2.17. The average molecular weight is 328 g/mol. The number of carboxylic acids is 1. The molecule has 0 saturated carbocycles. The molecule has 0 saturated heterocycles. The van der Waals surface area contributed by atoms with Crippen molar-refractivity contribution in [2.24, 2.45) is 11.8 Å². The van der Waals surface area contributed by atoms with Gasteiger partial charge in [-0.2, -0.15) is 0 Å². The van der Waals surface area contributed by atoms with Crippen LogP contribution < -0.4 is 0 Å². The van der Waals surface area contributed by atoms with Crippen LogP contribution in [0.2, 0.25) is 0 Å². The Bertz CT molecular complexity index is 456. The minimum absolute atomic E-state index is 0.225. The van der Waals surface area contributed by atoms with Crippen molar-refractivity contribution in [1.29, 1.82) is 0 Å². The van der Waals surface area contributed by atoms with Gasteiger partial charge in [-0.05, 0) is 23.6 Å². The molecule has 0 aliphatic heterocycles. The number of hydrogen-bond donors (Lipinski definition) is 1. The van der Waals surface area contributed by atoms with Crippen molar-refractivity contribution in [2.45, 2.75) is 20.4 Å². The molecule has 1 atom stereocenters. The number of benzene rings is 1. The molecule has 1 unspecified atom stereocenters. The Hall–Kier alpha value is -1.36. The van der Waals surface area contributed by atoms with Gasteiger partial charge in [-0.25, -0.2) is 0 Å². The van der Waals surface area contributed by atoms with Gasteiger partial charge in [0, 0.05) is 18.1 Å². The molecule has 1 aromatic carbocycles. The minimum Gasteiger partial charge on any atom is -0.481 e. The monoisotopic (exact) mass is 327 g/mol. The standard InChI is InChI=1S/C14H18BrNO3/c1-9(2)12(14(18)19)13(17)16(3)8-10-4-6-11(15)7-5-10/h4-7,9,12H,8H2,1-3H3,(H,18,19). The number of aliphatic carboxylic acids is 1. The van der Waals surface area contributed by atoms with E-state index in [1.807, 2.05) is 24.3 Å². The lowest BCUT2D eigenvalue weighted by Gasteiger charge is -2.23. The zero-order chi connectivity index (χ0) is 14.6. The molecule has 5 heteroatoms. The molecule has 0 aliphatic carbocycles. The zero-order valence-corrected chi connectivity index (χ0v) is 12.8. The van der Waals surface area contributed by atoms with E-state index in [-0.39, 0.29) is 11.8 Å². The number of rotatable bonds is 5. The highest BCUT2D eigenvalue weighted by molar-refractivity contribution is 9.10. The number of halogens is 1. The zero-order valence-electron chi connectivity index (χ0n) is 11.3. The molecule has 1 aromatic rings. The largest absolute Gasteiger partial charge is 0.481 e. The quantitative estimate of drug-likeness (QED) is 0.846. The van der Waals surface area contributed by atoms with Crippen LogP contribution in [0, 0.1) is 11.8 Å². The Morgan fingerprint density at radius 2 is 1.79 bits per heavy atom. The normalized spacial score (nSPS) is 12.3. The predicted molar refractivity (Wildman–Crippen MR) is 76.6 cm³/mol. The summed E-state index contributed by atoms with van der Waals surface area (Å²) < 4.78 is 0.968. The third-order valence-electron chi connectivity index (χ3n) is 2.91. The topological polar surface area (TPSA) is 57.6 Å². The first-order chi connectivity index (χ1) is 8.82. The Morgan fingerprint density at radius 1 is 1.26 bits per heavy atom. The van der Waals surface area contributed by atoms with Crippen LogP contribution in [0.3, 0.4) is 0 Å². The summed E-state index contributed by atoms with van der Waals surface area (Å²) >= 11 is 3.34. The van der Waals surface area contributed by atoms with Gasteiger partial charge in [0.05, 0.1) is 0 Å². The van der Waals surface area contributed by atoms with Crippen LogP contribution in [-0.2, 0) is 16.1 Å². The summed E-state index contributed by atoms with van der Waals surface area (Å²) in [6.07, 6.45) is 0. The molecule has 0 aromatic heterocycles. The fraction of sp³-hybridized carbons (Fsp3) is 0.429. The summed E-state index contributed by atoms with van der Waals surface area (Å²) in [7, 11) is 1.63. The summed E-state index contributed by atoms with van der Waals surface area (Å²) in [4.78, 5) is 24.7. The van der Waals surface area contributed by atoms with Gasteiger partial charge >= 0.3 is 5.97 Å². The maximum Gasteiger partial charge on any atom is 0.316 e. The molecule has 1 amide bonds. The van der Waals surface area contributed by atoms with Crippen molar-refractivity contribution in [2.75, 3.05) is 7.05 Å². The second kappa shape index (κ2) is 6.70. The molecule has 1 N–H and O–H groups in total. The predicted octanol–water partition coefficient (Wildman–Crippen LogP) is 2.76. The van der Waals surface area contributed by atoms with Gasteiger partial charge < -0.3 is 10.0 Å². The molecule has 0 spiro atoms. The van der Waals surface area contributed by atoms with Gasteiger partial charge in [-0.1, -0.05) is 41.9 Å². The molecule has 19 heavy (non-hydrogen) atoms. The molecule has 0 fully saturated rings. The molecule has 1 rings (SSSR count). The molecule has 0 heterocycles. The van der Waals surface area contributed by atoms with Crippen molar-refractivity contribution in [3.63, 3.8) is 0 Å². The van der Waals surface area contributed by atoms with Crippen LogP contribution in [0.15, 0.2) is 28.7 Å². The van der Waals surface area contributed by atoms with E-state index in [0.717, 1.165) is 10.0 Å². The summed E-state index contributed by atoms with van der Waals surface area (Å²) in [5, 5.41) is 9.11. The Kier molecular flexibility index (Phi) is 5.54. The fourth-order valence-electron chi connectivity index (χ4n) is 1.85. The van der Waals surface area contributed by atoms with Gasteiger partial charge in [-0.3, -0.25) is 9.59 Å². The lowest BCUT2D eigenvalue weighted by molar-refractivity contribution is -0.152. The van der Waals surface area contributed by atoms with Crippen LogP contribution in [-0.4, -0.2) is 28.9 Å². The third-order valence-corrected chi connectivity index (χ3v) is 3.44. The molecular formula is C14H18BrNO3. The average Bonchev–Trinajstić information content (AvgIpc) is 2.31. The number of carbonyl (C=O) groups excluding carboxylic acids is 1. The van der Waals surface area contributed by atoms with Crippen molar-refractivity contribution in [3.05, 3.63) is 34.3 Å². The van der Waals surface area contributed by atoms with Crippen molar-refractivity contribution >= 4 is 27.8 Å². The minimum atomic E-state index is -1.07. The molecule has 104 valence electrons.